The van der Waals surface area contributed by atoms with Gasteiger partial charge in [0.15, 0.2) is 0 Å². The second kappa shape index (κ2) is 4.83. The molecule has 1 saturated heterocycles. The Balaban J connectivity index is 2.45. The summed E-state index contributed by atoms with van der Waals surface area (Å²) in [6.45, 7) is 3.05. The number of aliphatic hydroxyl groups excluding tert-OH is 1. The van der Waals surface area contributed by atoms with Gasteiger partial charge in [-0.25, -0.2) is 0 Å². The number of thioether (sulfide) groups is 1. The molecule has 0 bridgehead atoms. The predicted octanol–water partition coefficient (Wildman–Crippen LogP) is -0.730. The first-order chi connectivity index (χ1) is 6.13. The van der Waals surface area contributed by atoms with E-state index in [0.29, 0.717) is 0 Å². The number of hydrogen-bond acceptors (Lipinski definition) is 4. The average Bonchev–Trinajstić information content (AvgIpc) is 2.17. The van der Waals surface area contributed by atoms with Crippen LogP contribution in [0.2, 0.25) is 0 Å². The molecule has 1 aliphatic rings. The van der Waals surface area contributed by atoms with Crippen molar-refractivity contribution in [1.29, 1.82) is 0 Å². The molecular weight excluding hydrogens is 188 g/mol. The van der Waals surface area contributed by atoms with Crippen LogP contribution in [-0.4, -0.2) is 52.7 Å². The molecule has 3 N–H and O–H groups in total. The third kappa shape index (κ3) is 2.86. The Labute approximate surface area is 82.5 Å². The van der Waals surface area contributed by atoms with Gasteiger partial charge in [0.1, 0.15) is 6.04 Å². The molecule has 0 aromatic rings. The maximum absolute atomic E-state index is 11.6. The Morgan fingerprint density at radius 2 is 2.08 bits per heavy atom. The second-order valence-electron chi connectivity index (χ2n) is 3.20. The number of amides is 1. The van der Waals surface area contributed by atoms with Crippen molar-refractivity contribution in [2.45, 2.75) is 19.1 Å². The van der Waals surface area contributed by atoms with Crippen molar-refractivity contribution in [2.75, 3.05) is 24.6 Å². The first-order valence-corrected chi connectivity index (χ1v) is 5.58. The fraction of sp³-hybridized carbons (Fsp3) is 0.875. The third-order valence-electron chi connectivity index (χ3n) is 2.13. The molecule has 0 saturated carbocycles. The van der Waals surface area contributed by atoms with E-state index in [0.717, 1.165) is 24.6 Å². The number of nitrogens with zero attached hydrogens (tertiary/aromatic N) is 1. The Morgan fingerprint density at radius 3 is 2.54 bits per heavy atom. The number of nitrogens with two attached hydrogens (primary N) is 1. The van der Waals surface area contributed by atoms with Gasteiger partial charge in [-0.05, 0) is 6.92 Å². The Morgan fingerprint density at radius 1 is 1.54 bits per heavy atom. The lowest BCUT2D eigenvalue weighted by Gasteiger charge is -2.29. The molecule has 0 aromatic carbocycles. The van der Waals surface area contributed by atoms with E-state index in [-0.39, 0.29) is 5.91 Å². The van der Waals surface area contributed by atoms with Crippen molar-refractivity contribution in [2.24, 2.45) is 5.73 Å². The summed E-state index contributed by atoms with van der Waals surface area (Å²) < 4.78 is 0. The Hall–Kier alpha value is -0.260. The summed E-state index contributed by atoms with van der Waals surface area (Å²) >= 11 is 1.84. The topological polar surface area (TPSA) is 66.6 Å². The number of hydrogen-bond donors (Lipinski definition) is 2. The smallest absolute Gasteiger partial charge is 0.242 e. The number of carbonyl (C=O) groups is 1. The van der Waals surface area contributed by atoms with Crippen molar-refractivity contribution >= 4 is 17.7 Å². The Kier molecular flexibility index (Phi) is 4.02. The van der Waals surface area contributed by atoms with Crippen LogP contribution in [0.25, 0.3) is 0 Å². The zero-order valence-electron chi connectivity index (χ0n) is 7.77. The summed E-state index contributed by atoms with van der Waals surface area (Å²) in [6, 6.07) is -0.761. The summed E-state index contributed by atoms with van der Waals surface area (Å²) in [7, 11) is 0. The van der Waals surface area contributed by atoms with Crippen LogP contribution < -0.4 is 5.73 Å². The highest BCUT2D eigenvalue weighted by Crippen LogP contribution is 2.10. The fourth-order valence-corrected chi connectivity index (χ4v) is 2.10. The number of rotatable bonds is 2. The average molecular weight is 204 g/mol. The minimum Gasteiger partial charge on any atom is -0.391 e. The Bertz CT molecular complexity index is 181. The normalized spacial score (nSPS) is 22.5. The van der Waals surface area contributed by atoms with E-state index in [1.54, 1.807) is 11.8 Å². The van der Waals surface area contributed by atoms with Gasteiger partial charge in [0, 0.05) is 24.6 Å². The van der Waals surface area contributed by atoms with Gasteiger partial charge in [-0.1, -0.05) is 0 Å². The summed E-state index contributed by atoms with van der Waals surface area (Å²) in [6.07, 6.45) is -0.762. The molecule has 4 nitrogen and oxygen atoms in total. The van der Waals surface area contributed by atoms with Crippen LogP contribution in [0, 0.1) is 0 Å². The van der Waals surface area contributed by atoms with E-state index in [1.165, 1.54) is 0 Å². The van der Waals surface area contributed by atoms with Gasteiger partial charge in [-0.3, -0.25) is 4.79 Å². The minimum atomic E-state index is -0.762. The van der Waals surface area contributed by atoms with Crippen molar-refractivity contribution in [1.82, 2.24) is 4.90 Å². The maximum Gasteiger partial charge on any atom is 0.242 e. The summed E-state index contributed by atoms with van der Waals surface area (Å²) in [5.41, 5.74) is 5.54. The molecule has 0 spiro atoms. The molecule has 76 valence electrons. The molecule has 0 radical (unpaired) electrons. The van der Waals surface area contributed by atoms with Crippen LogP contribution in [-0.2, 0) is 4.79 Å². The van der Waals surface area contributed by atoms with Gasteiger partial charge in [-0.15, -0.1) is 0 Å². The molecule has 1 aliphatic heterocycles. The summed E-state index contributed by atoms with van der Waals surface area (Å²) in [5, 5.41) is 9.14. The molecule has 0 aliphatic carbocycles. The van der Waals surface area contributed by atoms with Gasteiger partial charge in [0.2, 0.25) is 5.91 Å². The standard InChI is InChI=1S/C8H16N2O2S/c1-6(11)7(9)8(12)10-2-4-13-5-3-10/h6-7,11H,2-5,9H2,1H3/t6-,7+/m1/s1. The van der Waals surface area contributed by atoms with Crippen molar-refractivity contribution in [3.05, 3.63) is 0 Å². The monoisotopic (exact) mass is 204 g/mol. The molecule has 2 atom stereocenters. The summed E-state index contributed by atoms with van der Waals surface area (Å²) in [4.78, 5) is 13.3. The molecule has 1 rings (SSSR count). The van der Waals surface area contributed by atoms with Crippen molar-refractivity contribution in [3.8, 4) is 0 Å². The largest absolute Gasteiger partial charge is 0.391 e. The number of carbonyl (C=O) groups excluding carboxylic acids is 1. The highest BCUT2D eigenvalue weighted by Gasteiger charge is 2.25. The molecule has 13 heavy (non-hydrogen) atoms. The molecule has 0 unspecified atom stereocenters. The molecule has 1 fully saturated rings. The lowest BCUT2D eigenvalue weighted by molar-refractivity contribution is -0.134. The maximum atomic E-state index is 11.6. The van der Waals surface area contributed by atoms with Gasteiger partial charge >= 0.3 is 0 Å². The van der Waals surface area contributed by atoms with Crippen molar-refractivity contribution in [3.63, 3.8) is 0 Å². The van der Waals surface area contributed by atoms with Crippen LogP contribution in [0.15, 0.2) is 0 Å². The highest BCUT2D eigenvalue weighted by atomic mass is 32.2. The van der Waals surface area contributed by atoms with Crippen LogP contribution in [0.5, 0.6) is 0 Å². The first-order valence-electron chi connectivity index (χ1n) is 4.43. The second-order valence-corrected chi connectivity index (χ2v) is 4.43. The van der Waals surface area contributed by atoms with Crippen LogP contribution in [0.1, 0.15) is 6.92 Å². The van der Waals surface area contributed by atoms with Gasteiger partial charge in [0.25, 0.3) is 0 Å². The minimum absolute atomic E-state index is 0.129. The van der Waals surface area contributed by atoms with E-state index in [2.05, 4.69) is 0 Å². The molecule has 1 heterocycles. The lowest BCUT2D eigenvalue weighted by atomic mass is 10.1. The highest BCUT2D eigenvalue weighted by molar-refractivity contribution is 7.99. The van der Waals surface area contributed by atoms with Crippen LogP contribution >= 0.6 is 11.8 Å². The first kappa shape index (κ1) is 10.8. The van der Waals surface area contributed by atoms with Crippen molar-refractivity contribution < 1.29 is 9.90 Å². The molecule has 0 aromatic heterocycles. The fourth-order valence-electron chi connectivity index (χ4n) is 1.20. The van der Waals surface area contributed by atoms with E-state index in [9.17, 15) is 4.79 Å². The van der Waals surface area contributed by atoms with Gasteiger partial charge in [0.05, 0.1) is 6.10 Å². The van der Waals surface area contributed by atoms with E-state index in [4.69, 9.17) is 10.8 Å². The zero-order chi connectivity index (χ0) is 9.84. The quantitative estimate of drug-likeness (QED) is 0.622. The predicted molar refractivity (Wildman–Crippen MR) is 53.6 cm³/mol. The number of aliphatic hydroxyl groups is 1. The van der Waals surface area contributed by atoms with E-state index in [1.807, 2.05) is 11.8 Å². The van der Waals surface area contributed by atoms with Gasteiger partial charge in [-0.2, -0.15) is 11.8 Å². The van der Waals surface area contributed by atoms with E-state index >= 15 is 0 Å². The molecular formula is C8H16N2O2S. The molecule has 5 heteroatoms. The SMILES string of the molecule is C[C@@H](O)[C@H](N)C(=O)N1CCSCC1. The lowest BCUT2D eigenvalue weighted by Crippen LogP contribution is -2.51. The van der Waals surface area contributed by atoms with Crippen LogP contribution in [0.3, 0.4) is 0 Å². The summed E-state index contributed by atoms with van der Waals surface area (Å²) in [5.74, 6) is 1.81. The van der Waals surface area contributed by atoms with Crippen LogP contribution in [0.4, 0.5) is 0 Å². The third-order valence-corrected chi connectivity index (χ3v) is 3.07. The zero-order valence-corrected chi connectivity index (χ0v) is 8.59. The molecule has 1 amide bonds. The van der Waals surface area contributed by atoms with Gasteiger partial charge < -0.3 is 15.7 Å². The van der Waals surface area contributed by atoms with E-state index < -0.39 is 12.1 Å².